The molecule has 2 atom stereocenters. The van der Waals surface area contributed by atoms with Crippen LogP contribution in [-0.2, 0) is 0 Å². The van der Waals surface area contributed by atoms with Crippen LogP contribution >= 0.6 is 0 Å². The van der Waals surface area contributed by atoms with E-state index < -0.39 is 0 Å². The van der Waals surface area contributed by atoms with E-state index in [1.165, 1.54) is 37.1 Å². The lowest BCUT2D eigenvalue weighted by Crippen LogP contribution is -2.44. The Balaban J connectivity index is 1.91. The van der Waals surface area contributed by atoms with E-state index in [0.29, 0.717) is 12.1 Å². The number of nitrogens with one attached hydrogen (secondary N) is 2. The fraction of sp³-hybridized carbons (Fsp3) is 0.500. The molecule has 0 amide bonds. The van der Waals surface area contributed by atoms with E-state index in [2.05, 4.69) is 34.9 Å². The Hall–Kier alpha value is -1.18. The molecule has 1 aromatic carbocycles. The Bertz CT molecular complexity index is 302. The summed E-state index contributed by atoms with van der Waals surface area (Å²) in [4.78, 5) is 0. The average molecular weight is 188 g/mol. The van der Waals surface area contributed by atoms with Crippen LogP contribution < -0.4 is 10.6 Å². The Morgan fingerprint density at radius 3 is 1.86 bits per heavy atom. The van der Waals surface area contributed by atoms with Gasteiger partial charge in [-0.3, -0.25) is 0 Å². The van der Waals surface area contributed by atoms with Gasteiger partial charge in [-0.1, -0.05) is 25.0 Å². The largest absolute Gasteiger partial charge is 0.379 e. The summed E-state index contributed by atoms with van der Waals surface area (Å²) in [5, 5.41) is 7.27. The monoisotopic (exact) mass is 188 g/mol. The smallest absolute Gasteiger partial charge is 0.0578 e. The normalized spacial score (nSPS) is 29.4. The van der Waals surface area contributed by atoms with Crippen molar-refractivity contribution in [3.05, 3.63) is 24.3 Å². The van der Waals surface area contributed by atoms with Gasteiger partial charge in [-0.2, -0.15) is 0 Å². The van der Waals surface area contributed by atoms with Crippen LogP contribution in [0, 0.1) is 0 Å². The van der Waals surface area contributed by atoms with E-state index in [9.17, 15) is 0 Å². The number of fused-ring (bicyclic) bond motifs is 2. The third kappa shape index (κ3) is 1.26. The molecule has 2 heteroatoms. The molecule has 1 aliphatic heterocycles. The van der Waals surface area contributed by atoms with Crippen LogP contribution in [0.15, 0.2) is 24.3 Å². The summed E-state index contributed by atoms with van der Waals surface area (Å²) in [7, 11) is 0. The minimum atomic E-state index is 0.652. The lowest BCUT2D eigenvalue weighted by molar-refractivity contribution is 0.418. The van der Waals surface area contributed by atoms with Crippen molar-refractivity contribution in [3.8, 4) is 0 Å². The number of benzene rings is 1. The molecule has 0 saturated heterocycles. The molecule has 2 nitrogen and oxygen atoms in total. The van der Waals surface area contributed by atoms with Crippen LogP contribution in [-0.4, -0.2) is 12.1 Å². The van der Waals surface area contributed by atoms with E-state index in [1.807, 2.05) is 0 Å². The Morgan fingerprint density at radius 1 is 0.857 bits per heavy atom. The highest BCUT2D eigenvalue weighted by atomic mass is 15.1. The van der Waals surface area contributed by atoms with Crippen molar-refractivity contribution in [3.63, 3.8) is 0 Å². The van der Waals surface area contributed by atoms with Crippen molar-refractivity contribution in [1.29, 1.82) is 0 Å². The van der Waals surface area contributed by atoms with Crippen molar-refractivity contribution >= 4 is 11.4 Å². The molecule has 1 heterocycles. The molecule has 0 radical (unpaired) electrons. The highest BCUT2D eigenvalue weighted by Crippen LogP contribution is 2.33. The van der Waals surface area contributed by atoms with Crippen molar-refractivity contribution in [2.24, 2.45) is 0 Å². The highest BCUT2D eigenvalue weighted by molar-refractivity contribution is 5.71. The molecule has 3 rings (SSSR count). The first-order chi connectivity index (χ1) is 6.93. The van der Waals surface area contributed by atoms with Gasteiger partial charge in [0.15, 0.2) is 0 Å². The van der Waals surface area contributed by atoms with Crippen LogP contribution in [0.25, 0.3) is 0 Å². The van der Waals surface area contributed by atoms with Crippen molar-refractivity contribution < 1.29 is 0 Å². The maximum Gasteiger partial charge on any atom is 0.0578 e. The summed E-state index contributed by atoms with van der Waals surface area (Å²) in [6, 6.07) is 9.81. The van der Waals surface area contributed by atoms with E-state index in [-0.39, 0.29) is 0 Å². The molecular weight excluding hydrogens is 172 g/mol. The third-order valence-electron chi connectivity index (χ3n) is 3.37. The van der Waals surface area contributed by atoms with Gasteiger partial charge in [0.1, 0.15) is 0 Å². The van der Waals surface area contributed by atoms with Crippen molar-refractivity contribution in [1.82, 2.24) is 0 Å². The van der Waals surface area contributed by atoms with E-state index in [0.717, 1.165) is 0 Å². The second-order valence-electron chi connectivity index (χ2n) is 4.33. The molecule has 1 saturated carbocycles. The van der Waals surface area contributed by atoms with Gasteiger partial charge in [-0.25, -0.2) is 0 Å². The summed E-state index contributed by atoms with van der Waals surface area (Å²) in [6.45, 7) is 0. The summed E-state index contributed by atoms with van der Waals surface area (Å²) in [5.41, 5.74) is 2.55. The second-order valence-corrected chi connectivity index (χ2v) is 4.33. The van der Waals surface area contributed by atoms with Gasteiger partial charge in [-0.15, -0.1) is 0 Å². The lowest BCUT2D eigenvalue weighted by Gasteiger charge is -2.39. The molecule has 74 valence electrons. The van der Waals surface area contributed by atoms with E-state index in [1.54, 1.807) is 0 Å². The fourth-order valence-corrected chi connectivity index (χ4v) is 2.61. The summed E-state index contributed by atoms with van der Waals surface area (Å²) < 4.78 is 0. The standard InChI is InChI=1S/C12H16N2/c1-2-6-10-9(5-1)13-11-7-3-4-8-12(11)14-10/h1-2,5-6,11-14H,3-4,7-8H2/t11-,12-/m0/s1. The van der Waals surface area contributed by atoms with Gasteiger partial charge in [0, 0.05) is 12.1 Å². The van der Waals surface area contributed by atoms with E-state index >= 15 is 0 Å². The van der Waals surface area contributed by atoms with Crippen LogP contribution in [0.5, 0.6) is 0 Å². The first-order valence-electron chi connectivity index (χ1n) is 5.55. The van der Waals surface area contributed by atoms with Crippen LogP contribution in [0.2, 0.25) is 0 Å². The summed E-state index contributed by atoms with van der Waals surface area (Å²) in [5.74, 6) is 0. The minimum Gasteiger partial charge on any atom is -0.379 e. The van der Waals surface area contributed by atoms with Gasteiger partial charge < -0.3 is 10.6 Å². The number of rotatable bonds is 0. The maximum absolute atomic E-state index is 3.64. The average Bonchev–Trinajstić information content (AvgIpc) is 2.26. The molecule has 1 fully saturated rings. The van der Waals surface area contributed by atoms with Crippen LogP contribution in [0.1, 0.15) is 25.7 Å². The van der Waals surface area contributed by atoms with Crippen LogP contribution in [0.3, 0.4) is 0 Å². The third-order valence-corrected chi connectivity index (χ3v) is 3.37. The van der Waals surface area contributed by atoms with Gasteiger partial charge in [0.2, 0.25) is 0 Å². The topological polar surface area (TPSA) is 24.1 Å². The first-order valence-corrected chi connectivity index (χ1v) is 5.55. The minimum absolute atomic E-state index is 0.652. The summed E-state index contributed by atoms with van der Waals surface area (Å²) in [6.07, 6.45) is 5.37. The van der Waals surface area contributed by atoms with Gasteiger partial charge >= 0.3 is 0 Å². The number of anilines is 2. The second kappa shape index (κ2) is 3.19. The van der Waals surface area contributed by atoms with Gasteiger partial charge in [0.25, 0.3) is 0 Å². The Morgan fingerprint density at radius 2 is 1.36 bits per heavy atom. The molecule has 1 aromatic rings. The molecule has 14 heavy (non-hydrogen) atoms. The maximum atomic E-state index is 3.64. The quantitative estimate of drug-likeness (QED) is 0.654. The number of hydrogen-bond acceptors (Lipinski definition) is 2. The highest BCUT2D eigenvalue weighted by Gasteiger charge is 2.29. The zero-order chi connectivity index (χ0) is 9.38. The molecule has 2 N–H and O–H groups in total. The SMILES string of the molecule is c1ccc2c(c1)N[C@H]1CCCC[C@@H]1N2. The fourth-order valence-electron chi connectivity index (χ4n) is 2.61. The molecule has 0 unspecified atom stereocenters. The Labute approximate surface area is 84.7 Å². The summed E-state index contributed by atoms with van der Waals surface area (Å²) >= 11 is 0. The number of hydrogen-bond donors (Lipinski definition) is 2. The molecule has 1 aliphatic carbocycles. The predicted molar refractivity (Wildman–Crippen MR) is 59.7 cm³/mol. The predicted octanol–water partition coefficient (Wildman–Crippen LogP) is 2.84. The first kappa shape index (κ1) is 8.16. The molecular formula is C12H16N2. The molecule has 0 bridgehead atoms. The van der Waals surface area contributed by atoms with E-state index in [4.69, 9.17) is 0 Å². The molecule has 0 aromatic heterocycles. The van der Waals surface area contributed by atoms with Crippen molar-refractivity contribution in [2.75, 3.05) is 10.6 Å². The number of para-hydroxylation sites is 2. The van der Waals surface area contributed by atoms with Crippen molar-refractivity contribution in [2.45, 2.75) is 37.8 Å². The molecule has 2 aliphatic rings. The van der Waals surface area contributed by atoms with Gasteiger partial charge in [0.05, 0.1) is 11.4 Å². The van der Waals surface area contributed by atoms with Crippen LogP contribution in [0.4, 0.5) is 11.4 Å². The molecule has 0 spiro atoms. The lowest BCUT2D eigenvalue weighted by atomic mass is 9.88. The zero-order valence-corrected chi connectivity index (χ0v) is 8.29. The Kier molecular flexibility index (Phi) is 1.86. The zero-order valence-electron chi connectivity index (χ0n) is 8.29. The van der Waals surface area contributed by atoms with Gasteiger partial charge in [-0.05, 0) is 25.0 Å².